The summed E-state index contributed by atoms with van der Waals surface area (Å²) < 4.78 is 7.17. The van der Waals surface area contributed by atoms with Crippen LogP contribution in [0.25, 0.3) is 111 Å². The summed E-state index contributed by atoms with van der Waals surface area (Å²) in [6, 6.07) is 69.8. The molecule has 2 heterocycles. The number of furan rings is 1. The van der Waals surface area contributed by atoms with Crippen molar-refractivity contribution in [3.05, 3.63) is 200 Å². The molecule has 0 aliphatic carbocycles. The number of hydrogen-bond donors (Lipinski definition) is 0. The van der Waals surface area contributed by atoms with Crippen molar-refractivity contribution in [3.63, 3.8) is 0 Å². The van der Waals surface area contributed by atoms with Gasteiger partial charge in [-0.2, -0.15) is 0 Å². The summed E-state index contributed by atoms with van der Waals surface area (Å²) in [5.41, 5.74) is 10.7. The Kier molecular flexibility index (Phi) is 7.78. The minimum atomic E-state index is 0.546. The summed E-state index contributed by atoms with van der Waals surface area (Å²) in [4.78, 5) is 15.6. The average molecular weight is 728 g/mol. The first kappa shape index (κ1) is 32.7. The highest BCUT2D eigenvalue weighted by Crippen LogP contribution is 2.46. The lowest BCUT2D eigenvalue weighted by Crippen LogP contribution is -2.00. The molecular weight excluding hydrogens is 695 g/mol. The lowest BCUT2D eigenvalue weighted by molar-refractivity contribution is 0.670. The molecule has 0 unspecified atom stereocenters. The molecule has 0 atom stereocenters. The third-order valence-corrected chi connectivity index (χ3v) is 10.9. The first-order valence-corrected chi connectivity index (χ1v) is 19.2. The van der Waals surface area contributed by atoms with Crippen molar-refractivity contribution in [2.45, 2.75) is 0 Å². The van der Waals surface area contributed by atoms with Crippen molar-refractivity contribution in [2.24, 2.45) is 0 Å². The van der Waals surface area contributed by atoms with Gasteiger partial charge in [-0.05, 0) is 73.6 Å². The van der Waals surface area contributed by atoms with Crippen LogP contribution in [0.3, 0.4) is 0 Å². The molecular formula is C53H33N3O. The molecule has 0 N–H and O–H groups in total. The van der Waals surface area contributed by atoms with E-state index in [-0.39, 0.29) is 0 Å². The van der Waals surface area contributed by atoms with E-state index in [1.54, 1.807) is 0 Å². The number of nitrogens with zero attached hydrogens (tertiary/aromatic N) is 3. The predicted octanol–water partition coefficient (Wildman–Crippen LogP) is 14.1. The zero-order valence-corrected chi connectivity index (χ0v) is 30.8. The molecule has 9 aromatic carbocycles. The van der Waals surface area contributed by atoms with Crippen LogP contribution in [0.15, 0.2) is 205 Å². The van der Waals surface area contributed by atoms with E-state index >= 15 is 0 Å². The molecule has 266 valence electrons. The number of rotatable bonds is 6. The van der Waals surface area contributed by atoms with Crippen molar-refractivity contribution >= 4 is 43.5 Å². The van der Waals surface area contributed by atoms with E-state index in [2.05, 4.69) is 164 Å². The molecule has 0 aliphatic rings. The molecule has 11 rings (SSSR count). The van der Waals surface area contributed by atoms with Crippen LogP contribution >= 0.6 is 0 Å². The summed E-state index contributed by atoms with van der Waals surface area (Å²) in [5.74, 6) is 1.74. The van der Waals surface area contributed by atoms with Gasteiger partial charge in [0.1, 0.15) is 11.2 Å². The Morgan fingerprint density at radius 1 is 0.281 bits per heavy atom. The molecule has 0 saturated carbocycles. The fourth-order valence-corrected chi connectivity index (χ4v) is 8.13. The second kappa shape index (κ2) is 13.6. The SMILES string of the molecule is c1ccc(-c2cc(-c3ccccc3)c3oc4c(-c5nc(-c6ccccc6)nc(-c6ccc7ccc8ccccc8c7c6)n5)ccc(-c5ccccc5)c4c3c2)cc1. The minimum absolute atomic E-state index is 0.546. The Morgan fingerprint density at radius 2 is 0.789 bits per heavy atom. The van der Waals surface area contributed by atoms with E-state index in [4.69, 9.17) is 19.4 Å². The first-order valence-electron chi connectivity index (χ1n) is 19.2. The fourth-order valence-electron chi connectivity index (χ4n) is 8.13. The van der Waals surface area contributed by atoms with Crippen LogP contribution < -0.4 is 0 Å². The van der Waals surface area contributed by atoms with Gasteiger partial charge in [0.05, 0.1) is 5.56 Å². The Morgan fingerprint density at radius 3 is 1.49 bits per heavy atom. The van der Waals surface area contributed by atoms with Crippen LogP contribution in [-0.2, 0) is 0 Å². The van der Waals surface area contributed by atoms with Gasteiger partial charge in [0.2, 0.25) is 0 Å². The second-order valence-electron chi connectivity index (χ2n) is 14.4. The van der Waals surface area contributed by atoms with Crippen molar-refractivity contribution < 1.29 is 4.42 Å². The van der Waals surface area contributed by atoms with Crippen molar-refractivity contribution in [2.75, 3.05) is 0 Å². The lowest BCUT2D eigenvalue weighted by Gasteiger charge is -2.11. The fraction of sp³-hybridized carbons (Fsp3) is 0. The highest BCUT2D eigenvalue weighted by molar-refractivity contribution is 6.19. The molecule has 0 fully saturated rings. The smallest absolute Gasteiger partial charge is 0.167 e. The lowest BCUT2D eigenvalue weighted by atomic mass is 9.92. The maximum Gasteiger partial charge on any atom is 0.167 e. The van der Waals surface area contributed by atoms with Gasteiger partial charge in [-0.25, -0.2) is 15.0 Å². The monoisotopic (exact) mass is 727 g/mol. The van der Waals surface area contributed by atoms with Crippen LogP contribution in [0.1, 0.15) is 0 Å². The van der Waals surface area contributed by atoms with E-state index in [9.17, 15) is 0 Å². The van der Waals surface area contributed by atoms with Gasteiger partial charge in [0.25, 0.3) is 0 Å². The maximum absolute atomic E-state index is 7.17. The Balaban J connectivity index is 1.21. The Bertz CT molecular complexity index is 3270. The van der Waals surface area contributed by atoms with E-state index in [1.165, 1.54) is 16.2 Å². The summed E-state index contributed by atoms with van der Waals surface area (Å²) >= 11 is 0. The first-order chi connectivity index (χ1) is 28.2. The Hall–Kier alpha value is -7.69. The van der Waals surface area contributed by atoms with Crippen LogP contribution in [-0.4, -0.2) is 15.0 Å². The summed E-state index contributed by atoms with van der Waals surface area (Å²) in [7, 11) is 0. The van der Waals surface area contributed by atoms with Crippen LogP contribution in [0.5, 0.6) is 0 Å². The van der Waals surface area contributed by atoms with Crippen LogP contribution in [0.2, 0.25) is 0 Å². The molecule has 0 bridgehead atoms. The Labute approximate surface area is 329 Å². The summed E-state index contributed by atoms with van der Waals surface area (Å²) in [6.45, 7) is 0. The van der Waals surface area contributed by atoms with Crippen molar-refractivity contribution in [1.82, 2.24) is 15.0 Å². The molecule has 4 nitrogen and oxygen atoms in total. The average Bonchev–Trinajstić information content (AvgIpc) is 3.69. The molecule has 0 amide bonds. The van der Waals surface area contributed by atoms with Gasteiger partial charge in [0.15, 0.2) is 17.5 Å². The van der Waals surface area contributed by atoms with E-state index in [1.807, 2.05) is 36.4 Å². The molecule has 11 aromatic rings. The number of benzene rings is 9. The molecule has 0 radical (unpaired) electrons. The highest BCUT2D eigenvalue weighted by atomic mass is 16.3. The standard InChI is InChI=1S/C53H33N3O/c1-5-15-34(16-6-1)41-32-46(36-19-9-3-10-20-36)49-47(33-41)48-43(35-17-7-2-8-18-35)29-30-44(50(48)57-49)53-55-51(39-22-11-4-12-23-39)54-52(56-53)40-28-27-38-26-25-37-21-13-14-24-42(37)45(38)31-40/h1-33H. The van der Waals surface area contributed by atoms with Crippen LogP contribution in [0.4, 0.5) is 0 Å². The third-order valence-electron chi connectivity index (χ3n) is 10.9. The predicted molar refractivity (Wildman–Crippen MR) is 235 cm³/mol. The van der Waals surface area contributed by atoms with Gasteiger partial charge in [-0.3, -0.25) is 0 Å². The quantitative estimate of drug-likeness (QED) is 0.160. The summed E-state index contributed by atoms with van der Waals surface area (Å²) in [6.07, 6.45) is 0. The van der Waals surface area contributed by atoms with Gasteiger partial charge in [-0.15, -0.1) is 0 Å². The van der Waals surface area contributed by atoms with Crippen LogP contribution in [0, 0.1) is 0 Å². The number of aromatic nitrogens is 3. The zero-order chi connectivity index (χ0) is 37.7. The molecule has 0 saturated heterocycles. The minimum Gasteiger partial charge on any atom is -0.455 e. The summed E-state index contributed by atoms with van der Waals surface area (Å²) in [5, 5.41) is 6.76. The number of hydrogen-bond acceptors (Lipinski definition) is 4. The van der Waals surface area contributed by atoms with Crippen molar-refractivity contribution in [1.29, 1.82) is 0 Å². The molecule has 57 heavy (non-hydrogen) atoms. The second-order valence-corrected chi connectivity index (χ2v) is 14.4. The maximum atomic E-state index is 7.17. The highest BCUT2D eigenvalue weighted by Gasteiger charge is 2.23. The molecule has 2 aromatic heterocycles. The normalized spacial score (nSPS) is 11.5. The van der Waals surface area contributed by atoms with E-state index in [0.717, 1.165) is 77.4 Å². The largest absolute Gasteiger partial charge is 0.455 e. The zero-order valence-electron chi connectivity index (χ0n) is 30.8. The molecule has 4 heteroatoms. The third kappa shape index (κ3) is 5.74. The molecule has 0 aliphatic heterocycles. The molecule has 0 spiro atoms. The topological polar surface area (TPSA) is 51.8 Å². The van der Waals surface area contributed by atoms with Gasteiger partial charge in [0, 0.05) is 27.5 Å². The van der Waals surface area contributed by atoms with E-state index in [0.29, 0.717) is 17.5 Å². The van der Waals surface area contributed by atoms with Gasteiger partial charge >= 0.3 is 0 Å². The van der Waals surface area contributed by atoms with Gasteiger partial charge < -0.3 is 4.42 Å². The number of fused-ring (bicyclic) bond motifs is 6. The van der Waals surface area contributed by atoms with E-state index < -0.39 is 0 Å². The van der Waals surface area contributed by atoms with Gasteiger partial charge in [-0.1, -0.05) is 176 Å². The van der Waals surface area contributed by atoms with Crippen molar-refractivity contribution in [3.8, 4) is 67.5 Å².